The maximum atomic E-state index is 6.17. The molecule has 0 unspecified atom stereocenters. The first-order valence-electron chi connectivity index (χ1n) is 6.56. The molecular weight excluding hydrogens is 272 g/mol. The van der Waals surface area contributed by atoms with Gasteiger partial charge in [0, 0.05) is 29.7 Å². The second-order valence-corrected chi connectivity index (χ2v) is 5.05. The summed E-state index contributed by atoms with van der Waals surface area (Å²) in [5.74, 6) is 0. The Morgan fingerprint density at radius 3 is 2.80 bits per heavy atom. The van der Waals surface area contributed by atoms with Crippen molar-refractivity contribution in [1.82, 2.24) is 10.3 Å². The molecule has 102 valence electrons. The van der Waals surface area contributed by atoms with Gasteiger partial charge in [-0.15, -0.1) is 0 Å². The van der Waals surface area contributed by atoms with Crippen molar-refractivity contribution in [3.05, 3.63) is 65.1 Å². The highest BCUT2D eigenvalue weighted by Crippen LogP contribution is 2.29. The largest absolute Gasteiger partial charge is 0.444 e. The van der Waals surface area contributed by atoms with Crippen LogP contribution in [0.15, 0.2) is 53.1 Å². The van der Waals surface area contributed by atoms with Gasteiger partial charge in [0.1, 0.15) is 5.58 Å². The van der Waals surface area contributed by atoms with Gasteiger partial charge in [-0.25, -0.2) is 0 Å². The molecule has 0 aliphatic carbocycles. The number of hydrogen-bond acceptors (Lipinski definition) is 3. The summed E-state index contributed by atoms with van der Waals surface area (Å²) in [5.41, 5.74) is 2.82. The SMILES string of the molecule is C[C@@H](NCc1c(Cl)oc2ccccc12)c1ccccn1. The molecule has 3 rings (SSSR count). The molecule has 1 atom stereocenters. The Morgan fingerprint density at radius 2 is 2.00 bits per heavy atom. The zero-order chi connectivity index (χ0) is 13.9. The third kappa shape index (κ3) is 2.55. The zero-order valence-electron chi connectivity index (χ0n) is 11.1. The van der Waals surface area contributed by atoms with Gasteiger partial charge in [0.2, 0.25) is 0 Å². The first-order valence-corrected chi connectivity index (χ1v) is 6.93. The van der Waals surface area contributed by atoms with Crippen molar-refractivity contribution < 1.29 is 4.42 Å². The van der Waals surface area contributed by atoms with Crippen molar-refractivity contribution in [3.8, 4) is 0 Å². The molecule has 0 fully saturated rings. The normalized spacial score (nSPS) is 12.7. The Hall–Kier alpha value is -1.84. The Balaban J connectivity index is 1.79. The van der Waals surface area contributed by atoms with Gasteiger partial charge in [-0.3, -0.25) is 4.98 Å². The average molecular weight is 287 g/mol. The van der Waals surface area contributed by atoms with Crippen molar-refractivity contribution >= 4 is 22.6 Å². The lowest BCUT2D eigenvalue weighted by molar-refractivity contribution is 0.553. The Labute approximate surface area is 122 Å². The van der Waals surface area contributed by atoms with Gasteiger partial charge in [-0.2, -0.15) is 0 Å². The zero-order valence-corrected chi connectivity index (χ0v) is 11.9. The molecular formula is C16H15ClN2O. The number of halogens is 1. The Kier molecular flexibility index (Phi) is 3.72. The average Bonchev–Trinajstić information content (AvgIpc) is 2.81. The molecule has 0 saturated heterocycles. The van der Waals surface area contributed by atoms with Crippen LogP contribution in [-0.2, 0) is 6.54 Å². The minimum Gasteiger partial charge on any atom is -0.444 e. The van der Waals surface area contributed by atoms with E-state index in [1.54, 1.807) is 6.20 Å². The minimum absolute atomic E-state index is 0.154. The fraction of sp³-hybridized carbons (Fsp3) is 0.188. The summed E-state index contributed by atoms with van der Waals surface area (Å²) in [5, 5.41) is 4.93. The van der Waals surface area contributed by atoms with Crippen molar-refractivity contribution in [1.29, 1.82) is 0 Å². The van der Waals surface area contributed by atoms with Gasteiger partial charge in [-0.1, -0.05) is 24.3 Å². The quantitative estimate of drug-likeness (QED) is 0.775. The summed E-state index contributed by atoms with van der Waals surface area (Å²) < 4.78 is 5.55. The van der Waals surface area contributed by atoms with Crippen LogP contribution in [0.2, 0.25) is 5.22 Å². The van der Waals surface area contributed by atoms with Gasteiger partial charge in [0.15, 0.2) is 5.22 Å². The molecule has 1 N–H and O–H groups in total. The second-order valence-electron chi connectivity index (χ2n) is 4.71. The Morgan fingerprint density at radius 1 is 1.20 bits per heavy atom. The summed E-state index contributed by atoms with van der Waals surface area (Å²) in [4.78, 5) is 4.34. The number of hydrogen-bond donors (Lipinski definition) is 1. The van der Waals surface area contributed by atoms with Crippen LogP contribution >= 0.6 is 11.6 Å². The van der Waals surface area contributed by atoms with Crippen LogP contribution in [0.1, 0.15) is 24.2 Å². The van der Waals surface area contributed by atoms with Crippen LogP contribution in [-0.4, -0.2) is 4.98 Å². The number of pyridine rings is 1. The molecule has 0 aliphatic heterocycles. The number of nitrogens with one attached hydrogen (secondary N) is 1. The molecule has 4 heteroatoms. The summed E-state index contributed by atoms with van der Waals surface area (Å²) in [7, 11) is 0. The molecule has 3 aromatic rings. The molecule has 0 spiro atoms. The maximum absolute atomic E-state index is 6.17. The van der Waals surface area contributed by atoms with Gasteiger partial charge in [0.05, 0.1) is 5.69 Å². The number of benzene rings is 1. The summed E-state index contributed by atoms with van der Waals surface area (Å²) in [6.45, 7) is 2.73. The maximum Gasteiger partial charge on any atom is 0.199 e. The van der Waals surface area contributed by atoms with Crippen molar-refractivity contribution in [2.45, 2.75) is 19.5 Å². The summed E-state index contributed by atoms with van der Waals surface area (Å²) in [6.07, 6.45) is 1.80. The number of aromatic nitrogens is 1. The molecule has 2 aromatic heterocycles. The monoisotopic (exact) mass is 286 g/mol. The van der Waals surface area contributed by atoms with Crippen LogP contribution in [0.4, 0.5) is 0 Å². The highest BCUT2D eigenvalue weighted by Gasteiger charge is 2.13. The second kappa shape index (κ2) is 5.65. The van der Waals surface area contributed by atoms with E-state index in [1.807, 2.05) is 42.5 Å². The van der Waals surface area contributed by atoms with Gasteiger partial charge < -0.3 is 9.73 Å². The van der Waals surface area contributed by atoms with Crippen molar-refractivity contribution in [2.75, 3.05) is 0 Å². The van der Waals surface area contributed by atoms with Crippen molar-refractivity contribution in [2.24, 2.45) is 0 Å². The smallest absolute Gasteiger partial charge is 0.199 e. The number of para-hydroxylation sites is 1. The molecule has 0 saturated carbocycles. The number of rotatable bonds is 4. The fourth-order valence-corrected chi connectivity index (χ4v) is 2.48. The molecule has 20 heavy (non-hydrogen) atoms. The standard InChI is InChI=1S/C16H15ClN2O/c1-11(14-7-4-5-9-18-14)19-10-13-12-6-2-3-8-15(12)20-16(13)17/h2-9,11,19H,10H2,1H3/t11-/m1/s1. The minimum atomic E-state index is 0.154. The molecule has 0 aliphatic rings. The first kappa shape index (κ1) is 13.2. The van der Waals surface area contributed by atoms with Crippen LogP contribution in [0.25, 0.3) is 11.0 Å². The lowest BCUT2D eigenvalue weighted by Gasteiger charge is -2.12. The highest BCUT2D eigenvalue weighted by molar-refractivity contribution is 6.30. The van der Waals surface area contributed by atoms with Crippen LogP contribution in [0.3, 0.4) is 0 Å². The van der Waals surface area contributed by atoms with E-state index in [0.717, 1.165) is 22.2 Å². The lowest BCUT2D eigenvalue weighted by Crippen LogP contribution is -2.18. The van der Waals surface area contributed by atoms with Crippen molar-refractivity contribution in [3.63, 3.8) is 0 Å². The number of nitrogens with zero attached hydrogens (tertiary/aromatic N) is 1. The van der Waals surface area contributed by atoms with E-state index < -0.39 is 0 Å². The predicted molar refractivity (Wildman–Crippen MR) is 80.7 cm³/mol. The number of fused-ring (bicyclic) bond motifs is 1. The van der Waals surface area contributed by atoms with Gasteiger partial charge >= 0.3 is 0 Å². The van der Waals surface area contributed by atoms with E-state index in [-0.39, 0.29) is 6.04 Å². The van der Waals surface area contributed by atoms with E-state index >= 15 is 0 Å². The third-order valence-electron chi connectivity index (χ3n) is 3.37. The van der Waals surface area contributed by atoms with Gasteiger partial charge in [0.25, 0.3) is 0 Å². The summed E-state index contributed by atoms with van der Waals surface area (Å²) >= 11 is 6.17. The third-order valence-corrected chi connectivity index (χ3v) is 3.67. The van der Waals surface area contributed by atoms with E-state index in [9.17, 15) is 0 Å². The number of furan rings is 1. The molecule has 0 bridgehead atoms. The van der Waals surface area contributed by atoms with E-state index in [4.69, 9.17) is 16.0 Å². The molecule has 1 aromatic carbocycles. The van der Waals surface area contributed by atoms with Crippen LogP contribution in [0, 0.1) is 0 Å². The molecule has 3 nitrogen and oxygen atoms in total. The van der Waals surface area contributed by atoms with Gasteiger partial charge in [-0.05, 0) is 36.7 Å². The predicted octanol–water partition coefficient (Wildman–Crippen LogP) is 4.33. The first-order chi connectivity index (χ1) is 9.75. The van der Waals surface area contributed by atoms with Crippen LogP contribution < -0.4 is 5.32 Å². The van der Waals surface area contributed by atoms with E-state index in [2.05, 4.69) is 17.2 Å². The topological polar surface area (TPSA) is 38.1 Å². The molecule has 2 heterocycles. The lowest BCUT2D eigenvalue weighted by atomic mass is 10.1. The van der Waals surface area contributed by atoms with Crippen LogP contribution in [0.5, 0.6) is 0 Å². The van der Waals surface area contributed by atoms with E-state index in [0.29, 0.717) is 11.8 Å². The Bertz CT molecular complexity index is 709. The fourth-order valence-electron chi connectivity index (χ4n) is 2.23. The molecule has 0 amide bonds. The van der Waals surface area contributed by atoms with E-state index in [1.165, 1.54) is 0 Å². The highest BCUT2D eigenvalue weighted by atomic mass is 35.5. The molecule has 0 radical (unpaired) electrons. The summed E-state index contributed by atoms with van der Waals surface area (Å²) in [6, 6.07) is 13.9.